The van der Waals surface area contributed by atoms with E-state index in [0.29, 0.717) is 49.7 Å². The first-order valence-electron chi connectivity index (χ1n) is 7.98. The Labute approximate surface area is 131 Å². The highest BCUT2D eigenvalue weighted by atomic mass is 19.4. The summed E-state index contributed by atoms with van der Waals surface area (Å²) in [6, 6.07) is 1.02. The average molecular weight is 329 g/mol. The molecule has 1 aromatic rings. The van der Waals surface area contributed by atoms with Gasteiger partial charge in [0.05, 0.1) is 18.3 Å². The zero-order valence-corrected chi connectivity index (χ0v) is 12.6. The molecule has 126 valence electrons. The van der Waals surface area contributed by atoms with E-state index in [1.807, 2.05) is 0 Å². The minimum Gasteiger partial charge on any atom is -0.475 e. The quantitative estimate of drug-likeness (QED) is 0.855. The Morgan fingerprint density at radius 1 is 1.26 bits per heavy atom. The van der Waals surface area contributed by atoms with Gasteiger partial charge in [0, 0.05) is 24.3 Å². The summed E-state index contributed by atoms with van der Waals surface area (Å²) in [6.07, 6.45) is -1.93. The number of pyridine rings is 1. The molecule has 4 nitrogen and oxygen atoms in total. The van der Waals surface area contributed by atoms with Crippen molar-refractivity contribution in [2.75, 3.05) is 19.8 Å². The number of hydrogen-bond acceptors (Lipinski definition) is 4. The second-order valence-electron chi connectivity index (χ2n) is 6.35. The van der Waals surface area contributed by atoms with E-state index in [1.54, 1.807) is 0 Å². The van der Waals surface area contributed by atoms with Gasteiger partial charge in [0.25, 0.3) is 0 Å². The Kier molecular flexibility index (Phi) is 3.72. The molecule has 3 unspecified atom stereocenters. The summed E-state index contributed by atoms with van der Waals surface area (Å²) in [6.45, 7) is 1.51. The minimum absolute atomic E-state index is 0.00786. The second kappa shape index (κ2) is 5.63. The molecular weight excluding hydrogens is 311 g/mol. The van der Waals surface area contributed by atoms with E-state index in [0.717, 1.165) is 12.5 Å². The van der Waals surface area contributed by atoms with Crippen molar-refractivity contribution >= 4 is 0 Å². The Morgan fingerprint density at radius 2 is 2.13 bits per heavy atom. The van der Waals surface area contributed by atoms with E-state index in [-0.39, 0.29) is 24.7 Å². The molecule has 0 radical (unpaired) electrons. The zero-order chi connectivity index (χ0) is 16.0. The van der Waals surface area contributed by atoms with Crippen molar-refractivity contribution in [2.24, 2.45) is 5.92 Å². The monoisotopic (exact) mass is 329 g/mol. The zero-order valence-electron chi connectivity index (χ0n) is 12.6. The highest BCUT2D eigenvalue weighted by Gasteiger charge is 2.42. The first-order valence-corrected chi connectivity index (χ1v) is 7.98. The van der Waals surface area contributed by atoms with Crippen molar-refractivity contribution < 1.29 is 27.4 Å². The Hall–Kier alpha value is -1.34. The molecule has 3 aliphatic rings. The van der Waals surface area contributed by atoms with Crippen LogP contribution in [0.4, 0.5) is 13.2 Å². The number of fused-ring (bicyclic) bond motifs is 2. The van der Waals surface area contributed by atoms with Crippen LogP contribution in [0.25, 0.3) is 0 Å². The number of halogens is 3. The normalized spacial score (nSPS) is 29.6. The molecule has 0 aromatic carbocycles. The fourth-order valence-corrected chi connectivity index (χ4v) is 3.74. The Bertz CT molecular complexity index is 605. The van der Waals surface area contributed by atoms with Crippen LogP contribution >= 0.6 is 0 Å². The molecule has 23 heavy (non-hydrogen) atoms. The van der Waals surface area contributed by atoms with Gasteiger partial charge in [0.15, 0.2) is 0 Å². The van der Waals surface area contributed by atoms with Crippen molar-refractivity contribution in [3.63, 3.8) is 0 Å². The van der Waals surface area contributed by atoms with Crippen LogP contribution in [0.2, 0.25) is 0 Å². The maximum atomic E-state index is 13.2. The lowest BCUT2D eigenvalue weighted by atomic mass is 10.0. The topological polar surface area (TPSA) is 40.6 Å². The number of nitrogens with zero attached hydrogens (tertiary/aromatic N) is 1. The predicted molar refractivity (Wildman–Crippen MR) is 74.3 cm³/mol. The highest BCUT2D eigenvalue weighted by Crippen LogP contribution is 2.38. The minimum atomic E-state index is -4.38. The number of ether oxygens (including phenoxy) is 3. The summed E-state index contributed by atoms with van der Waals surface area (Å²) in [5.74, 6) is 0.408. The third kappa shape index (κ3) is 2.80. The van der Waals surface area contributed by atoms with Gasteiger partial charge >= 0.3 is 6.18 Å². The van der Waals surface area contributed by atoms with Gasteiger partial charge in [-0.1, -0.05) is 0 Å². The molecule has 2 saturated heterocycles. The van der Waals surface area contributed by atoms with Gasteiger partial charge in [-0.25, -0.2) is 4.98 Å². The lowest BCUT2D eigenvalue weighted by molar-refractivity contribution is -0.138. The van der Waals surface area contributed by atoms with Crippen molar-refractivity contribution in [1.29, 1.82) is 0 Å². The first kappa shape index (κ1) is 15.2. The van der Waals surface area contributed by atoms with Gasteiger partial charge in [-0.3, -0.25) is 0 Å². The third-order valence-electron chi connectivity index (χ3n) is 4.88. The van der Waals surface area contributed by atoms with Crippen LogP contribution in [0.1, 0.15) is 29.7 Å². The molecule has 7 heteroatoms. The van der Waals surface area contributed by atoms with E-state index in [2.05, 4.69) is 4.98 Å². The van der Waals surface area contributed by atoms with E-state index in [4.69, 9.17) is 14.2 Å². The van der Waals surface area contributed by atoms with E-state index in [1.165, 1.54) is 0 Å². The molecule has 0 N–H and O–H groups in total. The summed E-state index contributed by atoms with van der Waals surface area (Å²) >= 11 is 0. The smallest absolute Gasteiger partial charge is 0.416 e. The van der Waals surface area contributed by atoms with Crippen LogP contribution in [-0.2, 0) is 28.5 Å². The molecule has 3 heterocycles. The maximum Gasteiger partial charge on any atom is 0.416 e. The van der Waals surface area contributed by atoms with E-state index < -0.39 is 11.7 Å². The molecule has 1 aliphatic carbocycles. The fourth-order valence-electron chi connectivity index (χ4n) is 3.74. The van der Waals surface area contributed by atoms with Gasteiger partial charge in [-0.15, -0.1) is 0 Å². The predicted octanol–water partition coefficient (Wildman–Crippen LogP) is 2.77. The van der Waals surface area contributed by atoms with Crippen LogP contribution in [0, 0.1) is 5.92 Å². The van der Waals surface area contributed by atoms with E-state index in [9.17, 15) is 13.2 Å². The molecule has 1 aromatic heterocycles. The van der Waals surface area contributed by atoms with Crippen LogP contribution < -0.4 is 4.74 Å². The number of aryl methyl sites for hydroxylation is 1. The summed E-state index contributed by atoms with van der Waals surface area (Å²) in [4.78, 5) is 4.26. The molecule has 2 aliphatic heterocycles. The maximum absolute atomic E-state index is 13.2. The van der Waals surface area contributed by atoms with Crippen molar-refractivity contribution in [3.8, 4) is 5.88 Å². The standard InChI is InChI=1S/C16H18F3NO3/c17-16(18,19)11-6-14(20-12-3-1-2-10(11)12)23-8-13-15-9(7-22-13)4-5-21-15/h6,9,13,15H,1-5,7-8H2. The van der Waals surface area contributed by atoms with Gasteiger partial charge < -0.3 is 14.2 Å². The molecule has 0 amide bonds. The number of alkyl halides is 3. The van der Waals surface area contributed by atoms with E-state index >= 15 is 0 Å². The summed E-state index contributed by atoms with van der Waals surface area (Å²) in [5, 5.41) is 0. The Morgan fingerprint density at radius 3 is 2.96 bits per heavy atom. The summed E-state index contributed by atoms with van der Waals surface area (Å²) < 4.78 is 56.4. The molecule has 0 saturated carbocycles. The third-order valence-corrected chi connectivity index (χ3v) is 4.88. The lowest BCUT2D eigenvalue weighted by Crippen LogP contribution is -2.30. The molecule has 2 fully saturated rings. The van der Waals surface area contributed by atoms with Crippen LogP contribution in [0.15, 0.2) is 6.07 Å². The van der Waals surface area contributed by atoms with Crippen LogP contribution in [0.3, 0.4) is 0 Å². The molecular formula is C16H18F3NO3. The second-order valence-corrected chi connectivity index (χ2v) is 6.35. The van der Waals surface area contributed by atoms with Crippen molar-refractivity contribution in [1.82, 2.24) is 4.98 Å². The van der Waals surface area contributed by atoms with Gasteiger partial charge in [-0.05, 0) is 31.2 Å². The van der Waals surface area contributed by atoms with Crippen LogP contribution in [0.5, 0.6) is 5.88 Å². The van der Waals surface area contributed by atoms with Gasteiger partial charge in [0.2, 0.25) is 5.88 Å². The molecule has 4 rings (SSSR count). The van der Waals surface area contributed by atoms with Gasteiger partial charge in [-0.2, -0.15) is 13.2 Å². The number of rotatable bonds is 3. The fraction of sp³-hybridized carbons (Fsp3) is 0.688. The lowest BCUT2D eigenvalue weighted by Gasteiger charge is -2.18. The SMILES string of the molecule is FC(F)(F)c1cc(OCC2OCC3CCOC32)nc2c1CCC2. The average Bonchev–Trinajstić information content (AvgIpc) is 3.20. The summed E-state index contributed by atoms with van der Waals surface area (Å²) in [7, 11) is 0. The van der Waals surface area contributed by atoms with Crippen molar-refractivity contribution in [2.45, 2.75) is 44.1 Å². The van der Waals surface area contributed by atoms with Crippen LogP contribution in [-0.4, -0.2) is 37.0 Å². The number of aromatic nitrogens is 1. The number of hydrogen-bond donors (Lipinski definition) is 0. The molecule has 0 spiro atoms. The summed E-state index contributed by atoms with van der Waals surface area (Å²) in [5.41, 5.74) is 0.218. The largest absolute Gasteiger partial charge is 0.475 e. The molecule has 3 atom stereocenters. The Balaban J connectivity index is 1.51. The highest BCUT2D eigenvalue weighted by molar-refractivity contribution is 5.39. The molecule has 0 bridgehead atoms. The first-order chi connectivity index (χ1) is 11.0. The van der Waals surface area contributed by atoms with Gasteiger partial charge in [0.1, 0.15) is 12.7 Å². The van der Waals surface area contributed by atoms with Crippen molar-refractivity contribution in [3.05, 3.63) is 22.9 Å².